The Morgan fingerprint density at radius 3 is 2.20 bits per heavy atom. The van der Waals surface area contributed by atoms with Gasteiger partial charge in [0, 0.05) is 5.56 Å². The van der Waals surface area contributed by atoms with Gasteiger partial charge in [0.1, 0.15) is 5.84 Å². The van der Waals surface area contributed by atoms with E-state index in [1.807, 2.05) is 18.2 Å². The highest BCUT2D eigenvalue weighted by Gasteiger charge is 2.62. The van der Waals surface area contributed by atoms with Crippen LogP contribution in [-0.4, -0.2) is 11.9 Å². The molecule has 1 aliphatic carbocycles. The van der Waals surface area contributed by atoms with Crippen LogP contribution in [0.1, 0.15) is 60.8 Å². The number of para-hydroxylation sites is 1. The third kappa shape index (κ3) is 3.21. The topological polar surface area (TPSA) is 63.2 Å². The van der Waals surface area contributed by atoms with E-state index in [9.17, 15) is 10.5 Å². The molecular formula is C31H28N4. The average molecular weight is 457 g/mol. The highest BCUT2D eigenvalue weighted by atomic mass is 15.3. The van der Waals surface area contributed by atoms with E-state index < -0.39 is 17.4 Å². The number of hydrogen-bond donors (Lipinski definition) is 0. The molecule has 4 heteroatoms. The van der Waals surface area contributed by atoms with Gasteiger partial charge in [-0.3, -0.25) is 4.99 Å². The fourth-order valence-electron chi connectivity index (χ4n) is 6.36. The summed E-state index contributed by atoms with van der Waals surface area (Å²) >= 11 is 0. The summed E-state index contributed by atoms with van der Waals surface area (Å²) < 4.78 is 0. The number of hydrogen-bond acceptors (Lipinski definition) is 3. The lowest BCUT2D eigenvalue weighted by Gasteiger charge is -2.38. The van der Waals surface area contributed by atoms with Crippen molar-refractivity contribution in [1.29, 1.82) is 10.5 Å². The van der Waals surface area contributed by atoms with Gasteiger partial charge in [-0.2, -0.15) is 10.5 Å². The van der Waals surface area contributed by atoms with Crippen molar-refractivity contribution >= 4 is 11.5 Å². The molecule has 35 heavy (non-hydrogen) atoms. The second-order valence-electron chi connectivity index (χ2n) is 10.1. The van der Waals surface area contributed by atoms with Crippen LogP contribution in [0, 0.1) is 35.0 Å². The monoisotopic (exact) mass is 456 g/mol. The summed E-state index contributed by atoms with van der Waals surface area (Å²) in [6, 6.07) is 29.8. The molecule has 6 rings (SSSR count). The van der Waals surface area contributed by atoms with Crippen molar-refractivity contribution in [1.82, 2.24) is 0 Å². The van der Waals surface area contributed by atoms with Crippen LogP contribution in [-0.2, 0) is 0 Å². The van der Waals surface area contributed by atoms with E-state index >= 15 is 0 Å². The van der Waals surface area contributed by atoms with Crippen LogP contribution in [0.5, 0.6) is 0 Å². The second kappa shape index (κ2) is 8.40. The lowest BCUT2D eigenvalue weighted by molar-refractivity contribution is 0.433. The van der Waals surface area contributed by atoms with Crippen LogP contribution in [0.2, 0.25) is 0 Å². The number of nitrogens with zero attached hydrogens (tertiary/aromatic N) is 4. The normalized spacial score (nSPS) is 23.6. The van der Waals surface area contributed by atoms with E-state index in [2.05, 4.69) is 78.6 Å². The smallest absolute Gasteiger partial charge is 0.182 e. The van der Waals surface area contributed by atoms with Crippen LogP contribution >= 0.6 is 0 Å². The highest BCUT2D eigenvalue weighted by Crippen LogP contribution is 2.61. The average Bonchev–Trinajstić information content (AvgIpc) is 3.20. The SMILES string of the molecule is Cc1ccc(C2C(=NC3CCCCC3)N3c4ccccc4-c4ccccc4C3C2(C#N)C#N)cc1. The standard InChI is InChI=1S/C31H28N4/c1-21-15-17-22(18-16-21)28-30(34-23-9-3-2-4-10-23)35-27-14-8-7-12-25(27)24-11-5-6-13-26(24)29(35)31(28,19-32)20-33/h5-8,11-18,23,28-29H,2-4,9-10H2,1H3. The number of benzene rings is 3. The van der Waals surface area contributed by atoms with Crippen molar-refractivity contribution in [2.45, 2.75) is 57.0 Å². The number of aryl methyl sites for hydroxylation is 1. The maximum Gasteiger partial charge on any atom is 0.182 e. The van der Waals surface area contributed by atoms with Gasteiger partial charge in [0.15, 0.2) is 5.41 Å². The third-order valence-corrected chi connectivity index (χ3v) is 8.03. The minimum Gasteiger partial charge on any atom is -0.319 e. The summed E-state index contributed by atoms with van der Waals surface area (Å²) in [7, 11) is 0. The Labute approximate surface area is 207 Å². The molecule has 172 valence electrons. The quantitative estimate of drug-likeness (QED) is 0.414. The van der Waals surface area contributed by atoms with Gasteiger partial charge in [-0.1, -0.05) is 91.6 Å². The van der Waals surface area contributed by atoms with Crippen LogP contribution in [0.15, 0.2) is 77.8 Å². The zero-order valence-electron chi connectivity index (χ0n) is 20.0. The van der Waals surface area contributed by atoms with Crippen LogP contribution in [0.25, 0.3) is 11.1 Å². The zero-order chi connectivity index (χ0) is 24.0. The molecule has 3 aromatic carbocycles. The van der Waals surface area contributed by atoms with E-state index in [1.165, 1.54) is 19.3 Å². The Balaban J connectivity index is 1.67. The van der Waals surface area contributed by atoms with Gasteiger partial charge >= 0.3 is 0 Å². The Bertz CT molecular complexity index is 1370. The molecule has 0 N–H and O–H groups in total. The molecule has 3 aromatic rings. The fraction of sp³-hybridized carbons (Fsp3) is 0.323. The van der Waals surface area contributed by atoms with Crippen LogP contribution in [0.4, 0.5) is 5.69 Å². The van der Waals surface area contributed by atoms with Crippen molar-refractivity contribution < 1.29 is 0 Å². The Kier molecular flexibility index (Phi) is 5.19. The van der Waals surface area contributed by atoms with E-state index in [0.717, 1.165) is 52.2 Å². The molecule has 0 aromatic heterocycles. The lowest BCUT2D eigenvalue weighted by atomic mass is 9.68. The molecule has 2 atom stereocenters. The van der Waals surface area contributed by atoms with Gasteiger partial charge in [0.2, 0.25) is 0 Å². The van der Waals surface area contributed by atoms with Gasteiger partial charge in [0.25, 0.3) is 0 Å². The first-order valence-corrected chi connectivity index (χ1v) is 12.6. The third-order valence-electron chi connectivity index (χ3n) is 8.03. The maximum absolute atomic E-state index is 10.8. The van der Waals surface area contributed by atoms with Crippen LogP contribution in [0.3, 0.4) is 0 Å². The number of fused-ring (bicyclic) bond motifs is 6. The van der Waals surface area contributed by atoms with E-state index in [4.69, 9.17) is 4.99 Å². The van der Waals surface area contributed by atoms with E-state index in [0.29, 0.717) is 0 Å². The first-order chi connectivity index (χ1) is 17.2. The summed E-state index contributed by atoms with van der Waals surface area (Å²) in [5.74, 6) is 0.444. The van der Waals surface area contributed by atoms with Crippen molar-refractivity contribution in [3.8, 4) is 23.3 Å². The molecular weight excluding hydrogens is 428 g/mol. The molecule has 0 amide bonds. The number of rotatable bonds is 2. The molecule has 2 aliphatic heterocycles. The summed E-state index contributed by atoms with van der Waals surface area (Å²) in [5, 5.41) is 21.6. The number of anilines is 1. The molecule has 1 saturated carbocycles. The largest absolute Gasteiger partial charge is 0.319 e. The molecule has 0 bridgehead atoms. The van der Waals surface area contributed by atoms with Crippen molar-refractivity contribution in [2.75, 3.05) is 4.90 Å². The summed E-state index contributed by atoms with van der Waals surface area (Å²) in [4.78, 5) is 7.64. The molecule has 2 fully saturated rings. The van der Waals surface area contributed by atoms with E-state index in [-0.39, 0.29) is 6.04 Å². The molecule has 2 unspecified atom stereocenters. The van der Waals surface area contributed by atoms with Crippen LogP contribution < -0.4 is 4.90 Å². The molecule has 0 radical (unpaired) electrons. The Morgan fingerprint density at radius 2 is 1.49 bits per heavy atom. The van der Waals surface area contributed by atoms with Crippen molar-refractivity contribution in [3.05, 3.63) is 89.5 Å². The van der Waals surface area contributed by atoms with Gasteiger partial charge in [-0.15, -0.1) is 0 Å². The molecule has 4 nitrogen and oxygen atoms in total. The number of nitriles is 2. The predicted octanol–water partition coefficient (Wildman–Crippen LogP) is 7.09. The number of aliphatic imine (C=N–C) groups is 1. The lowest BCUT2D eigenvalue weighted by Crippen LogP contribution is -2.35. The molecule has 1 saturated heterocycles. The highest BCUT2D eigenvalue weighted by molar-refractivity contribution is 6.11. The summed E-state index contributed by atoms with van der Waals surface area (Å²) in [6.45, 7) is 2.06. The van der Waals surface area contributed by atoms with E-state index in [1.54, 1.807) is 0 Å². The first-order valence-electron chi connectivity index (χ1n) is 12.6. The van der Waals surface area contributed by atoms with Gasteiger partial charge in [-0.05, 0) is 42.5 Å². The van der Waals surface area contributed by atoms with Crippen molar-refractivity contribution in [2.24, 2.45) is 10.4 Å². The summed E-state index contributed by atoms with van der Waals surface area (Å²) in [6.07, 6.45) is 5.74. The first kappa shape index (κ1) is 21.6. The summed E-state index contributed by atoms with van der Waals surface area (Å²) in [5.41, 5.74) is 5.14. The van der Waals surface area contributed by atoms with Gasteiger partial charge < -0.3 is 4.90 Å². The number of amidine groups is 1. The molecule has 2 heterocycles. The minimum absolute atomic E-state index is 0.227. The minimum atomic E-state index is -1.30. The fourth-order valence-corrected chi connectivity index (χ4v) is 6.36. The van der Waals surface area contributed by atoms with Gasteiger partial charge in [0.05, 0.1) is 35.8 Å². The van der Waals surface area contributed by atoms with Crippen molar-refractivity contribution in [3.63, 3.8) is 0 Å². The second-order valence-corrected chi connectivity index (χ2v) is 10.1. The molecule has 3 aliphatic rings. The zero-order valence-corrected chi connectivity index (χ0v) is 20.0. The molecule has 0 spiro atoms. The van der Waals surface area contributed by atoms with Gasteiger partial charge in [-0.25, -0.2) is 0 Å². The maximum atomic E-state index is 10.8. The Hall–Kier alpha value is -3.89. The Morgan fingerprint density at radius 1 is 0.829 bits per heavy atom. The predicted molar refractivity (Wildman–Crippen MR) is 139 cm³/mol.